The zero-order valence-corrected chi connectivity index (χ0v) is 9.70. The Morgan fingerprint density at radius 3 is 2.79 bits per heavy atom. The van der Waals surface area contributed by atoms with Crippen LogP contribution in [0.2, 0.25) is 0 Å². The van der Waals surface area contributed by atoms with Crippen LogP contribution >= 0.6 is 22.7 Å². The Kier molecular flexibility index (Phi) is 3.01. The number of thiophene rings is 2. The summed E-state index contributed by atoms with van der Waals surface area (Å²) >= 11 is 3.49. The molecule has 0 saturated carbocycles. The molecule has 0 aliphatic rings. The van der Waals surface area contributed by atoms with Crippen molar-refractivity contribution in [3.05, 3.63) is 44.3 Å². The Labute approximate surface area is 92.2 Å². The quantitative estimate of drug-likeness (QED) is 0.847. The minimum Gasteiger partial charge on any atom is -0.319 e. The summed E-state index contributed by atoms with van der Waals surface area (Å²) < 4.78 is 0. The van der Waals surface area contributed by atoms with E-state index in [1.54, 1.807) is 22.7 Å². The largest absolute Gasteiger partial charge is 0.319 e. The molecule has 0 radical (unpaired) electrons. The molecule has 1 unspecified atom stereocenters. The number of hydrogen-bond donors (Lipinski definition) is 1. The van der Waals surface area contributed by atoms with E-state index in [-0.39, 0.29) is 6.04 Å². The molecule has 0 amide bonds. The van der Waals surface area contributed by atoms with Crippen LogP contribution in [0.1, 0.15) is 28.3 Å². The minimum absolute atomic E-state index is 0.0740. The molecule has 0 fully saturated rings. The topological polar surface area (TPSA) is 26.0 Å². The number of rotatable bonds is 3. The van der Waals surface area contributed by atoms with Crippen molar-refractivity contribution in [2.45, 2.75) is 19.4 Å². The Balaban J connectivity index is 2.31. The lowest BCUT2D eigenvalue weighted by atomic mass is 10.1. The summed E-state index contributed by atoms with van der Waals surface area (Å²) in [4.78, 5) is 2.57. The maximum absolute atomic E-state index is 6.20. The standard InChI is InChI=1S/C11H13NS2/c1-2-8-5-7-14-11(8)10(12)9-4-3-6-13-9/h3-7,10H,2,12H2,1H3. The first-order valence-corrected chi connectivity index (χ1v) is 6.44. The van der Waals surface area contributed by atoms with Crippen LogP contribution in [0.5, 0.6) is 0 Å². The molecular weight excluding hydrogens is 210 g/mol. The molecule has 2 aromatic heterocycles. The first kappa shape index (κ1) is 9.90. The molecule has 2 heterocycles. The number of hydrogen-bond acceptors (Lipinski definition) is 3. The average molecular weight is 223 g/mol. The van der Waals surface area contributed by atoms with Crippen LogP contribution in [0.3, 0.4) is 0 Å². The van der Waals surface area contributed by atoms with E-state index in [0.29, 0.717) is 0 Å². The highest BCUT2D eigenvalue weighted by molar-refractivity contribution is 7.11. The van der Waals surface area contributed by atoms with Crippen molar-refractivity contribution in [3.63, 3.8) is 0 Å². The Morgan fingerprint density at radius 1 is 1.29 bits per heavy atom. The van der Waals surface area contributed by atoms with Crippen molar-refractivity contribution >= 4 is 22.7 Å². The smallest absolute Gasteiger partial charge is 0.0742 e. The van der Waals surface area contributed by atoms with E-state index in [1.165, 1.54) is 15.3 Å². The molecule has 0 aliphatic heterocycles. The molecule has 2 aromatic rings. The zero-order valence-electron chi connectivity index (χ0n) is 8.07. The van der Waals surface area contributed by atoms with E-state index in [9.17, 15) is 0 Å². The summed E-state index contributed by atoms with van der Waals surface area (Å²) in [6.07, 6.45) is 1.07. The van der Waals surface area contributed by atoms with E-state index >= 15 is 0 Å². The zero-order chi connectivity index (χ0) is 9.97. The SMILES string of the molecule is CCc1ccsc1C(N)c1cccs1. The average Bonchev–Trinajstić information content (AvgIpc) is 2.87. The third-order valence-corrected chi connectivity index (χ3v) is 4.29. The Morgan fingerprint density at radius 2 is 2.14 bits per heavy atom. The van der Waals surface area contributed by atoms with Gasteiger partial charge >= 0.3 is 0 Å². The van der Waals surface area contributed by atoms with E-state index < -0.39 is 0 Å². The van der Waals surface area contributed by atoms with Crippen molar-refractivity contribution in [1.29, 1.82) is 0 Å². The summed E-state index contributed by atoms with van der Waals surface area (Å²) in [5.41, 5.74) is 7.59. The molecule has 0 spiro atoms. The highest BCUT2D eigenvalue weighted by atomic mass is 32.1. The molecule has 0 aromatic carbocycles. The van der Waals surface area contributed by atoms with E-state index in [1.807, 2.05) is 0 Å². The lowest BCUT2D eigenvalue weighted by Crippen LogP contribution is -2.10. The maximum atomic E-state index is 6.20. The number of nitrogens with two attached hydrogens (primary N) is 1. The molecule has 74 valence electrons. The summed E-state index contributed by atoms with van der Waals surface area (Å²) in [6, 6.07) is 6.41. The van der Waals surface area contributed by atoms with Crippen LogP contribution in [-0.2, 0) is 6.42 Å². The van der Waals surface area contributed by atoms with Crippen LogP contribution in [-0.4, -0.2) is 0 Å². The van der Waals surface area contributed by atoms with Gasteiger partial charge in [0.25, 0.3) is 0 Å². The second-order valence-corrected chi connectivity index (χ2v) is 5.08. The molecule has 2 N–H and O–H groups in total. The van der Waals surface area contributed by atoms with E-state index in [2.05, 4.69) is 35.9 Å². The summed E-state index contributed by atoms with van der Waals surface area (Å²) in [5.74, 6) is 0. The molecule has 14 heavy (non-hydrogen) atoms. The number of aryl methyl sites for hydroxylation is 1. The second kappa shape index (κ2) is 4.26. The lowest BCUT2D eigenvalue weighted by molar-refractivity contribution is 0.895. The van der Waals surface area contributed by atoms with Gasteiger partial charge in [-0.05, 0) is 34.9 Å². The van der Waals surface area contributed by atoms with Crippen LogP contribution < -0.4 is 5.73 Å². The van der Waals surface area contributed by atoms with Gasteiger partial charge in [-0.2, -0.15) is 0 Å². The predicted molar refractivity (Wildman–Crippen MR) is 64.0 cm³/mol. The van der Waals surface area contributed by atoms with E-state index in [4.69, 9.17) is 5.73 Å². The Bertz CT molecular complexity index is 389. The van der Waals surface area contributed by atoms with Crippen molar-refractivity contribution in [2.75, 3.05) is 0 Å². The summed E-state index contributed by atoms with van der Waals surface area (Å²) in [5, 5.41) is 4.20. The van der Waals surface area contributed by atoms with Crippen LogP contribution in [0, 0.1) is 0 Å². The van der Waals surface area contributed by atoms with Gasteiger partial charge in [0.1, 0.15) is 0 Å². The second-order valence-electron chi connectivity index (χ2n) is 3.16. The van der Waals surface area contributed by atoms with Gasteiger partial charge in [-0.25, -0.2) is 0 Å². The summed E-state index contributed by atoms with van der Waals surface area (Å²) in [7, 11) is 0. The molecule has 0 saturated heterocycles. The fourth-order valence-electron chi connectivity index (χ4n) is 1.51. The van der Waals surface area contributed by atoms with Gasteiger partial charge in [0.15, 0.2) is 0 Å². The molecule has 1 nitrogen and oxygen atoms in total. The van der Waals surface area contributed by atoms with Gasteiger partial charge in [-0.3, -0.25) is 0 Å². The Hall–Kier alpha value is -0.640. The molecule has 0 aliphatic carbocycles. The fourth-order valence-corrected chi connectivity index (χ4v) is 3.34. The normalized spacial score (nSPS) is 13.0. The molecular formula is C11H13NS2. The van der Waals surface area contributed by atoms with Crippen LogP contribution in [0.4, 0.5) is 0 Å². The van der Waals surface area contributed by atoms with Gasteiger partial charge in [-0.1, -0.05) is 13.0 Å². The maximum Gasteiger partial charge on any atom is 0.0742 e. The molecule has 1 atom stereocenters. The predicted octanol–water partition coefficient (Wildman–Crippen LogP) is 3.42. The highest BCUT2D eigenvalue weighted by Gasteiger charge is 2.14. The first-order chi connectivity index (χ1) is 6.83. The third-order valence-electron chi connectivity index (χ3n) is 2.29. The minimum atomic E-state index is 0.0740. The first-order valence-electron chi connectivity index (χ1n) is 4.68. The van der Waals surface area contributed by atoms with E-state index in [0.717, 1.165) is 6.42 Å². The molecule has 2 rings (SSSR count). The summed E-state index contributed by atoms with van der Waals surface area (Å²) in [6.45, 7) is 2.17. The van der Waals surface area contributed by atoms with Crippen molar-refractivity contribution in [3.8, 4) is 0 Å². The fraction of sp³-hybridized carbons (Fsp3) is 0.273. The lowest BCUT2D eigenvalue weighted by Gasteiger charge is -2.09. The third kappa shape index (κ3) is 1.75. The van der Waals surface area contributed by atoms with Crippen molar-refractivity contribution in [2.24, 2.45) is 5.73 Å². The van der Waals surface area contributed by atoms with Crippen LogP contribution in [0.25, 0.3) is 0 Å². The van der Waals surface area contributed by atoms with Gasteiger partial charge in [0.05, 0.1) is 6.04 Å². The van der Waals surface area contributed by atoms with Gasteiger partial charge in [-0.15, -0.1) is 22.7 Å². The highest BCUT2D eigenvalue weighted by Crippen LogP contribution is 2.30. The van der Waals surface area contributed by atoms with Gasteiger partial charge in [0.2, 0.25) is 0 Å². The van der Waals surface area contributed by atoms with Crippen molar-refractivity contribution in [1.82, 2.24) is 0 Å². The van der Waals surface area contributed by atoms with Crippen LogP contribution in [0.15, 0.2) is 29.0 Å². The van der Waals surface area contributed by atoms with Crippen molar-refractivity contribution < 1.29 is 0 Å². The molecule has 3 heteroatoms. The monoisotopic (exact) mass is 223 g/mol. The van der Waals surface area contributed by atoms with Gasteiger partial charge in [0, 0.05) is 9.75 Å². The molecule has 0 bridgehead atoms. The van der Waals surface area contributed by atoms with Gasteiger partial charge < -0.3 is 5.73 Å².